The lowest BCUT2D eigenvalue weighted by atomic mass is 9.44. The van der Waals surface area contributed by atoms with Crippen molar-refractivity contribution in [2.24, 2.45) is 39.9 Å². The molecule has 4 fully saturated rings. The Bertz CT molecular complexity index is 892. The highest BCUT2D eigenvalue weighted by Gasteiger charge is 2.63. The van der Waals surface area contributed by atoms with Crippen molar-refractivity contribution < 1.29 is 25.9 Å². The third-order valence-electron chi connectivity index (χ3n) is 11.6. The molecular formula is C30H50O5. The van der Waals surface area contributed by atoms with Crippen LogP contribution in [0.3, 0.4) is 0 Å². The number of aliphatic hydroxyl groups is 2. The van der Waals surface area contributed by atoms with Gasteiger partial charge in [0.15, 0.2) is 6.10 Å². The quantitative estimate of drug-likeness (QED) is 0.394. The highest BCUT2D eigenvalue weighted by atomic mass is 16.6. The van der Waals surface area contributed by atoms with Gasteiger partial charge in [0.1, 0.15) is 0 Å². The van der Waals surface area contributed by atoms with E-state index >= 15 is 0 Å². The van der Waals surface area contributed by atoms with Crippen LogP contribution in [0.15, 0.2) is 11.6 Å². The number of ether oxygens (including phenoxy) is 2. The molecule has 0 amide bonds. The molecule has 10 atom stereocenters. The monoisotopic (exact) mass is 490 g/mol. The second-order valence-electron chi connectivity index (χ2n) is 14.3. The Morgan fingerprint density at radius 3 is 2.51 bits per heavy atom. The molecule has 1 heterocycles. The standard InChI is InChI=1S/C30H48O5.H2/c1-17(31)34-26(28(4,5)33)22-10-9-20-23(35-22)16-21-18-8-11-24-27(2,3)25(32)13-15-30(24,7)19(18)12-14-29(20,21)6;/h12,18,20-26,32-33H,8-11,13-16H2,1-7H3;1H/t18?,20?,21?,22?,23?,24?,25-,26-,29?,30+;/m0./s1. The minimum absolute atomic E-state index is 0. The van der Waals surface area contributed by atoms with Crippen LogP contribution in [0.25, 0.3) is 0 Å². The van der Waals surface area contributed by atoms with Gasteiger partial charge in [-0.3, -0.25) is 4.79 Å². The van der Waals surface area contributed by atoms with Crippen molar-refractivity contribution in [3.63, 3.8) is 0 Å². The maximum absolute atomic E-state index is 11.8. The molecule has 5 heteroatoms. The fraction of sp³-hybridized carbons (Fsp3) is 0.900. The van der Waals surface area contributed by atoms with Crippen molar-refractivity contribution in [3.8, 4) is 0 Å². The Balaban J connectivity index is 0.00000304. The van der Waals surface area contributed by atoms with E-state index in [9.17, 15) is 15.0 Å². The predicted octanol–water partition coefficient (Wildman–Crippen LogP) is 5.67. The summed E-state index contributed by atoms with van der Waals surface area (Å²) in [6.07, 6.45) is 10.1. The lowest BCUT2D eigenvalue weighted by Gasteiger charge is -2.61. The van der Waals surface area contributed by atoms with Gasteiger partial charge in [0.2, 0.25) is 0 Å². The van der Waals surface area contributed by atoms with Gasteiger partial charge in [-0.25, -0.2) is 0 Å². The summed E-state index contributed by atoms with van der Waals surface area (Å²) in [4.78, 5) is 11.8. The molecule has 0 radical (unpaired) electrons. The van der Waals surface area contributed by atoms with Crippen LogP contribution in [0.1, 0.15) is 101 Å². The van der Waals surface area contributed by atoms with Gasteiger partial charge < -0.3 is 19.7 Å². The van der Waals surface area contributed by atoms with Crippen LogP contribution >= 0.6 is 0 Å². The van der Waals surface area contributed by atoms with E-state index in [0.29, 0.717) is 23.7 Å². The molecule has 5 rings (SSSR count). The number of hydrogen-bond donors (Lipinski definition) is 2. The van der Waals surface area contributed by atoms with Crippen LogP contribution in [-0.4, -0.2) is 46.2 Å². The number of aliphatic hydroxyl groups excluding tert-OH is 1. The smallest absolute Gasteiger partial charge is 0.303 e. The van der Waals surface area contributed by atoms with E-state index in [2.05, 4.69) is 33.8 Å². The zero-order valence-corrected chi connectivity index (χ0v) is 23.0. The van der Waals surface area contributed by atoms with Crippen molar-refractivity contribution >= 4 is 5.97 Å². The Morgan fingerprint density at radius 1 is 1.14 bits per heavy atom. The van der Waals surface area contributed by atoms with E-state index in [1.165, 1.54) is 19.8 Å². The van der Waals surface area contributed by atoms with Crippen LogP contribution in [0.4, 0.5) is 0 Å². The normalized spacial score (nSPS) is 47.5. The van der Waals surface area contributed by atoms with Crippen LogP contribution in [-0.2, 0) is 14.3 Å². The van der Waals surface area contributed by atoms with Crippen molar-refractivity contribution in [1.29, 1.82) is 0 Å². The molecule has 5 aliphatic rings. The third-order valence-corrected chi connectivity index (χ3v) is 11.6. The molecule has 35 heavy (non-hydrogen) atoms. The molecule has 0 aromatic rings. The maximum Gasteiger partial charge on any atom is 0.303 e. The van der Waals surface area contributed by atoms with Gasteiger partial charge in [-0.1, -0.05) is 39.3 Å². The van der Waals surface area contributed by atoms with Gasteiger partial charge in [-0.15, -0.1) is 0 Å². The fourth-order valence-corrected chi connectivity index (χ4v) is 9.82. The molecule has 0 aromatic carbocycles. The summed E-state index contributed by atoms with van der Waals surface area (Å²) in [6, 6.07) is 0. The van der Waals surface area contributed by atoms with Crippen LogP contribution in [0.2, 0.25) is 0 Å². The molecule has 2 N–H and O–H groups in total. The van der Waals surface area contributed by atoms with Gasteiger partial charge in [-0.2, -0.15) is 0 Å². The van der Waals surface area contributed by atoms with E-state index in [0.717, 1.165) is 38.5 Å². The molecule has 0 aromatic heterocycles. The highest BCUT2D eigenvalue weighted by Crippen LogP contribution is 2.69. The third kappa shape index (κ3) is 3.85. The second-order valence-corrected chi connectivity index (χ2v) is 14.3. The number of rotatable bonds is 3. The molecule has 1 saturated heterocycles. The first kappa shape index (κ1) is 25.7. The number of allylic oxidation sites excluding steroid dienone is 2. The molecular weight excluding hydrogens is 440 g/mol. The van der Waals surface area contributed by atoms with Crippen LogP contribution in [0, 0.1) is 39.9 Å². The lowest BCUT2D eigenvalue weighted by molar-refractivity contribution is -0.199. The Morgan fingerprint density at radius 2 is 1.86 bits per heavy atom. The first-order valence-corrected chi connectivity index (χ1v) is 14.1. The van der Waals surface area contributed by atoms with E-state index in [4.69, 9.17) is 9.47 Å². The molecule has 7 unspecified atom stereocenters. The minimum atomic E-state index is -1.14. The summed E-state index contributed by atoms with van der Waals surface area (Å²) in [5, 5.41) is 21.6. The summed E-state index contributed by atoms with van der Waals surface area (Å²) in [7, 11) is 0. The Hall–Kier alpha value is -0.910. The van der Waals surface area contributed by atoms with Gasteiger partial charge >= 0.3 is 5.97 Å². The number of esters is 1. The predicted molar refractivity (Wildman–Crippen MR) is 138 cm³/mol. The number of carbonyl (C=O) groups is 1. The number of carbonyl (C=O) groups excluding carboxylic acids is 1. The lowest BCUT2D eigenvalue weighted by Crippen LogP contribution is -2.55. The molecule has 200 valence electrons. The second kappa shape index (κ2) is 8.30. The minimum Gasteiger partial charge on any atom is -0.457 e. The van der Waals surface area contributed by atoms with Crippen LogP contribution in [0.5, 0.6) is 0 Å². The van der Waals surface area contributed by atoms with E-state index in [1.807, 2.05) is 0 Å². The van der Waals surface area contributed by atoms with E-state index in [1.54, 1.807) is 19.4 Å². The number of hydrogen-bond acceptors (Lipinski definition) is 5. The van der Waals surface area contributed by atoms with Gasteiger partial charge in [0.25, 0.3) is 0 Å². The highest BCUT2D eigenvalue weighted by molar-refractivity contribution is 5.66. The molecule has 4 aliphatic carbocycles. The number of fused-ring (bicyclic) bond motifs is 7. The zero-order chi connectivity index (χ0) is 25.6. The van der Waals surface area contributed by atoms with Crippen LogP contribution < -0.4 is 0 Å². The van der Waals surface area contributed by atoms with Crippen molar-refractivity contribution in [2.45, 2.75) is 130 Å². The van der Waals surface area contributed by atoms with Gasteiger partial charge in [-0.05, 0) is 105 Å². The largest absolute Gasteiger partial charge is 0.457 e. The molecule has 1 aliphatic heterocycles. The average Bonchev–Trinajstić information content (AvgIpc) is 3.06. The fourth-order valence-electron chi connectivity index (χ4n) is 9.82. The molecule has 3 saturated carbocycles. The summed E-state index contributed by atoms with van der Waals surface area (Å²) < 4.78 is 12.3. The summed E-state index contributed by atoms with van der Waals surface area (Å²) in [5.41, 5.74) is 0.926. The average molecular weight is 491 g/mol. The topological polar surface area (TPSA) is 76.0 Å². The molecule has 0 spiro atoms. The van der Waals surface area contributed by atoms with Crippen molar-refractivity contribution in [2.75, 3.05) is 0 Å². The van der Waals surface area contributed by atoms with Crippen molar-refractivity contribution in [1.82, 2.24) is 0 Å². The first-order valence-electron chi connectivity index (χ1n) is 14.1. The van der Waals surface area contributed by atoms with Crippen molar-refractivity contribution in [3.05, 3.63) is 11.6 Å². The Kier molecular flexibility index (Phi) is 6.10. The van der Waals surface area contributed by atoms with Gasteiger partial charge in [0.05, 0.1) is 23.9 Å². The first-order chi connectivity index (χ1) is 16.2. The molecule has 0 bridgehead atoms. The summed E-state index contributed by atoms with van der Waals surface area (Å²) in [5.74, 6) is 1.89. The molecule has 5 nitrogen and oxygen atoms in total. The SMILES string of the molecule is CC(=O)O[C@@H](C1CCC2C(CC3C4CCC5C(C)(C)[C@@H](O)CC[C@]5(C)C4=CCC23C)O1)C(C)(C)O.[HH]. The van der Waals surface area contributed by atoms with Gasteiger partial charge in [0, 0.05) is 8.35 Å². The van der Waals surface area contributed by atoms with E-state index in [-0.39, 0.29) is 42.0 Å². The maximum atomic E-state index is 11.8. The summed E-state index contributed by atoms with van der Waals surface area (Å²) >= 11 is 0. The zero-order valence-electron chi connectivity index (χ0n) is 23.0. The Labute approximate surface area is 213 Å². The summed E-state index contributed by atoms with van der Waals surface area (Å²) in [6.45, 7) is 14.4. The van der Waals surface area contributed by atoms with E-state index < -0.39 is 11.7 Å².